The molecule has 6 unspecified atom stereocenters. The van der Waals surface area contributed by atoms with E-state index in [0.29, 0.717) is 202 Å². The lowest BCUT2D eigenvalue weighted by Gasteiger charge is -2.37. The molecule has 4 fully saturated rings. The van der Waals surface area contributed by atoms with Crippen molar-refractivity contribution in [2.24, 2.45) is 11.8 Å². The molecule has 31 nitrogen and oxygen atoms in total. The highest BCUT2D eigenvalue weighted by Gasteiger charge is 2.36. The third kappa shape index (κ3) is 28.8. The minimum absolute atomic E-state index is 0.0722. The molecule has 0 amide bonds. The summed E-state index contributed by atoms with van der Waals surface area (Å²) in [6.07, 6.45) is 27.8. The second-order valence-corrected chi connectivity index (χ2v) is 39.2. The Morgan fingerprint density at radius 1 is 0.313 bits per heavy atom. The molecule has 31 heteroatoms. The highest BCUT2D eigenvalue weighted by Crippen LogP contribution is 2.42. The fraction of sp³-hybridized carbons (Fsp3) is 0.412. The van der Waals surface area contributed by atoms with Crippen molar-refractivity contribution in [3.63, 3.8) is 0 Å². The van der Waals surface area contributed by atoms with Crippen LogP contribution in [0.5, 0.6) is 69.0 Å². The highest BCUT2D eigenvalue weighted by molar-refractivity contribution is 5.71. The Bertz CT molecular complexity index is 5820. The van der Waals surface area contributed by atoms with Crippen LogP contribution in [0.2, 0.25) is 0 Å². The molecule has 0 bridgehead atoms. The topological polar surface area (TPSA) is 336 Å². The van der Waals surface area contributed by atoms with Crippen LogP contribution in [-0.4, -0.2) is 220 Å². The predicted octanol–water partition coefficient (Wildman–Crippen LogP) is 23.5. The number of benzene rings is 6. The molecule has 0 radical (unpaired) electrons. The van der Waals surface area contributed by atoms with Crippen LogP contribution in [0, 0.1) is 11.8 Å². The van der Waals surface area contributed by atoms with Crippen LogP contribution in [-0.2, 0) is 23.7 Å². The Labute approximate surface area is 882 Å². The van der Waals surface area contributed by atoms with Crippen molar-refractivity contribution in [3.05, 3.63) is 290 Å². The summed E-state index contributed by atoms with van der Waals surface area (Å²) in [5.41, 5.74) is 13.1. The first-order chi connectivity index (χ1) is 72.7. The Hall–Kier alpha value is -14.5. The van der Waals surface area contributed by atoms with E-state index in [-0.39, 0.29) is 64.5 Å². The molecule has 0 aliphatic carbocycles. The summed E-state index contributed by atoms with van der Waals surface area (Å²) in [6.45, 7) is 59.5. The molecule has 6 aromatic carbocycles. The van der Waals surface area contributed by atoms with E-state index in [1.54, 1.807) is 109 Å². The maximum atomic E-state index is 9.95. The molecule has 150 heavy (non-hydrogen) atoms. The second kappa shape index (κ2) is 55.7. The van der Waals surface area contributed by atoms with Gasteiger partial charge in [0.15, 0.2) is 0 Å². The molecule has 6 aliphatic rings. The lowest BCUT2D eigenvalue weighted by molar-refractivity contribution is 0.0183. The maximum absolute atomic E-state index is 9.95. The molecule has 6 aliphatic heterocycles. The molecular weight excluding hydrogens is 1900 g/mol. The molecule has 12 heterocycles. The molecule has 6 atom stereocenters. The summed E-state index contributed by atoms with van der Waals surface area (Å²) in [6, 6.07) is 46.1. The number of morpholine rings is 1. The van der Waals surface area contributed by atoms with Gasteiger partial charge in [-0.2, -0.15) is 30.6 Å². The molecule has 6 aromatic heterocycles. The van der Waals surface area contributed by atoms with Gasteiger partial charge in [0.2, 0.25) is 0 Å². The smallest absolute Gasteiger partial charge is 0.130 e. The lowest BCUT2D eigenvalue weighted by atomic mass is 9.86. The molecule has 6 N–H and O–H groups in total. The molecule has 12 aromatic rings. The number of ether oxygens (including phenoxy) is 11. The number of phenols is 6. The fourth-order valence-corrected chi connectivity index (χ4v) is 19.5. The van der Waals surface area contributed by atoms with Gasteiger partial charge in [-0.05, 0) is 242 Å². The van der Waals surface area contributed by atoms with Crippen LogP contribution < -0.4 is 38.2 Å². The van der Waals surface area contributed by atoms with Gasteiger partial charge in [0.25, 0.3) is 0 Å². The Balaban J connectivity index is 0.000000150. The van der Waals surface area contributed by atoms with E-state index in [4.69, 9.17) is 52.1 Å². The largest absolute Gasteiger partial charge is 0.507 e. The van der Waals surface area contributed by atoms with Crippen LogP contribution in [0.1, 0.15) is 232 Å². The third-order valence-electron chi connectivity index (χ3n) is 27.2. The summed E-state index contributed by atoms with van der Waals surface area (Å²) in [5.74, 6) is 8.35. The Kier molecular flexibility index (Phi) is 41.8. The van der Waals surface area contributed by atoms with E-state index in [9.17, 15) is 30.6 Å². The summed E-state index contributed by atoms with van der Waals surface area (Å²) in [5, 5.41) is 86.3. The van der Waals surface area contributed by atoms with Crippen molar-refractivity contribution in [1.82, 2.24) is 58.7 Å². The third-order valence-corrected chi connectivity index (χ3v) is 27.2. The normalized spacial score (nSPS) is 17.7. The average molecular weight is 2050 g/mol. The highest BCUT2D eigenvalue weighted by atomic mass is 16.5. The van der Waals surface area contributed by atoms with Crippen LogP contribution in [0.3, 0.4) is 0 Å². The van der Waals surface area contributed by atoms with Crippen molar-refractivity contribution in [1.29, 1.82) is 0 Å². The molecule has 0 saturated carbocycles. The number of aromatic nitrogens is 12. The van der Waals surface area contributed by atoms with Crippen LogP contribution in [0.25, 0.3) is 47.6 Å². The molecular formula is C119H152N14O17. The van der Waals surface area contributed by atoms with E-state index in [1.165, 1.54) is 35.4 Å². The first-order valence-electron chi connectivity index (χ1n) is 52.2. The maximum Gasteiger partial charge on any atom is 0.130 e. The number of phenolic OH excluding ortho intramolecular Hbond substituents is 6. The van der Waals surface area contributed by atoms with Gasteiger partial charge in [-0.25, -0.2) is 9.36 Å². The zero-order valence-electron chi connectivity index (χ0n) is 89.1. The fourth-order valence-electron chi connectivity index (χ4n) is 19.5. The van der Waals surface area contributed by atoms with E-state index in [0.717, 1.165) is 92.6 Å². The number of aromatic hydroxyl groups is 6. The first kappa shape index (κ1) is 113. The zero-order valence-corrected chi connectivity index (χ0v) is 89.1. The van der Waals surface area contributed by atoms with E-state index >= 15 is 0 Å². The zero-order chi connectivity index (χ0) is 107. The van der Waals surface area contributed by atoms with Gasteiger partial charge in [0.1, 0.15) is 107 Å². The van der Waals surface area contributed by atoms with Gasteiger partial charge in [-0.15, -0.1) is 0 Å². The van der Waals surface area contributed by atoms with Gasteiger partial charge in [-0.3, -0.25) is 18.7 Å². The van der Waals surface area contributed by atoms with Crippen LogP contribution >= 0.6 is 0 Å². The number of piperidine rings is 1. The lowest BCUT2D eigenvalue weighted by Crippen LogP contribution is -2.49. The molecule has 800 valence electrons. The number of hydrogen-bond acceptors (Lipinski definition) is 25. The van der Waals surface area contributed by atoms with Crippen molar-refractivity contribution in [2.45, 2.75) is 188 Å². The van der Waals surface area contributed by atoms with Crippen molar-refractivity contribution < 1.29 is 82.7 Å². The SMILES string of the molecule is C=Cc1c(O)cccc1OCC1=C(c2ccnn2C(C)C)CCOC1.C=Cc1c(O)cccc1OCC1=C(c2ccnn2C(C)C)COCC1.C=Cc1c(O)cccc1OCC1CCCCN1c1ccnn1C(C)C.C=Cc1c(O)cccc1OCC1CCOCC1c1ccnn1C(C)C.C=Cc1c(O)cccc1OCC1COCCC1c1ccnn1C(C)C.C=Cc1c(O)cccc1OCC1COCCN1c1ccnn1C(C)C. The summed E-state index contributed by atoms with van der Waals surface area (Å²) in [4.78, 5) is 4.69. The van der Waals surface area contributed by atoms with E-state index in [2.05, 4.69) is 195 Å². The number of anilines is 2. The van der Waals surface area contributed by atoms with Crippen molar-refractivity contribution in [3.8, 4) is 69.0 Å². The monoisotopic (exact) mass is 2050 g/mol. The summed E-state index contributed by atoms with van der Waals surface area (Å²) >= 11 is 0. The quantitative estimate of drug-likeness (QED) is 0.0212. The van der Waals surface area contributed by atoms with E-state index in [1.807, 2.05) is 106 Å². The summed E-state index contributed by atoms with van der Waals surface area (Å²) in [7, 11) is 0. The van der Waals surface area contributed by atoms with Gasteiger partial charge < -0.3 is 92.5 Å². The van der Waals surface area contributed by atoms with Gasteiger partial charge in [-0.1, -0.05) is 112 Å². The summed E-state index contributed by atoms with van der Waals surface area (Å²) < 4.78 is 76.8. The van der Waals surface area contributed by atoms with Gasteiger partial charge in [0.05, 0.1) is 135 Å². The Morgan fingerprint density at radius 2 is 0.673 bits per heavy atom. The minimum Gasteiger partial charge on any atom is -0.507 e. The number of rotatable bonds is 36. The molecule has 18 rings (SSSR count). The van der Waals surface area contributed by atoms with Gasteiger partial charge in [0, 0.05) is 140 Å². The standard InChI is InChI=1S/C20H27N3O2.C20H26N2O3.C20H24N2O3.C20H26N2O3.C20H24N2O3.C19H25N3O3/c1-4-17-18(24)9-7-10-19(17)25-14-16-8-5-6-13-22(16)20-11-12-21-23(20)15(2)3;2*1-4-16-19(23)6-5-7-20(16)25-13-15-12-24-11-9-17(15)18-8-10-21-22(18)14(2)3;2*1-4-16-19(23)6-5-7-20(16)25-12-15-9-11-24-13-17(15)18-8-10-21-22(18)14(2)3;1-4-16-17(23)6-5-7-18(16)25-13-15-12-24-11-10-21(15)19-8-9-20-22(19)14(2)3/h4,7,9-12,15-16,24H,1,5-6,8,13-14H2,2-3H3;4-8,10,14-15,17,23H,1,9,11-13H2,2-3H3;4-8,10,14,23H,1,9,11-13H2,2-3H3;4-8,10,14-15,17,23H,1,9,11-13H2,2-3H3;4-8,10,14,23H,1,9,11-13H2,2-3H3;4-9,14-15,23H,1,10-13H2,2-3H3. The molecule has 0 spiro atoms. The van der Waals surface area contributed by atoms with Crippen LogP contribution in [0.4, 0.5) is 11.6 Å². The predicted molar refractivity (Wildman–Crippen MR) is 593 cm³/mol. The number of hydrogen-bond donors (Lipinski definition) is 6. The average Bonchev–Trinajstić information content (AvgIpc) is 1.64. The first-order valence-corrected chi connectivity index (χ1v) is 52.2. The van der Waals surface area contributed by atoms with Gasteiger partial charge >= 0.3 is 0 Å². The van der Waals surface area contributed by atoms with E-state index < -0.39 is 0 Å². The molecule has 4 saturated heterocycles. The second-order valence-electron chi connectivity index (χ2n) is 39.2. The Morgan fingerprint density at radius 3 is 1.13 bits per heavy atom. The van der Waals surface area contributed by atoms with Crippen molar-refractivity contribution >= 4 is 59.2 Å². The van der Waals surface area contributed by atoms with Crippen LogP contribution in [0.15, 0.2) is 233 Å². The number of nitrogens with zero attached hydrogens (tertiary/aromatic N) is 14. The van der Waals surface area contributed by atoms with Crippen molar-refractivity contribution in [2.75, 3.05) is 129 Å². The minimum atomic E-state index is 0.0722.